The number of hydrogen-bond donors (Lipinski definition) is 1. The van der Waals surface area contributed by atoms with Crippen LogP contribution in [0.15, 0.2) is 105 Å². The second-order valence-electron chi connectivity index (χ2n) is 9.76. The first-order valence-electron chi connectivity index (χ1n) is 12.8. The topological polar surface area (TPSA) is 84.8 Å². The third kappa shape index (κ3) is 4.04. The van der Waals surface area contributed by atoms with Gasteiger partial charge in [-0.2, -0.15) is 0 Å². The van der Waals surface area contributed by atoms with Gasteiger partial charge in [-0.15, -0.1) is 0 Å². The molecule has 8 heteroatoms. The number of rotatable bonds is 4. The molecule has 0 bridgehead atoms. The van der Waals surface area contributed by atoms with Crippen LogP contribution >= 0.6 is 11.3 Å². The fourth-order valence-electron chi connectivity index (χ4n) is 5.52. The van der Waals surface area contributed by atoms with Gasteiger partial charge in [0.1, 0.15) is 17.3 Å². The average Bonchev–Trinajstić information content (AvgIpc) is 3.56. The van der Waals surface area contributed by atoms with Gasteiger partial charge in [0.25, 0.3) is 5.56 Å². The second-order valence-corrected chi connectivity index (χ2v) is 10.8. The molecular formula is C32H21FN2O4S. The van der Waals surface area contributed by atoms with Gasteiger partial charge in [0.15, 0.2) is 4.80 Å². The van der Waals surface area contributed by atoms with Gasteiger partial charge in [0.05, 0.1) is 21.8 Å². The van der Waals surface area contributed by atoms with Crippen molar-refractivity contribution in [1.29, 1.82) is 0 Å². The molecule has 2 aliphatic rings. The van der Waals surface area contributed by atoms with Crippen molar-refractivity contribution in [3.8, 4) is 11.3 Å². The van der Waals surface area contributed by atoms with Crippen molar-refractivity contribution in [2.24, 2.45) is 4.99 Å². The standard InChI is InChI=1S/C32H21FN2O4S/c33-22-9-4-7-20(16-22)29-25-13-11-18-5-1-2-10-24(18)28(25)34-32-35(29)30(36)27(40-32)17-23-12-14-26(39-23)19-6-3-8-21(15-19)31(37)38/h1-10,12,14-17,29H,11,13H2,(H,37,38)/b27-17+. The maximum Gasteiger partial charge on any atom is 0.335 e. The number of halogens is 1. The van der Waals surface area contributed by atoms with Crippen LogP contribution in [-0.2, 0) is 6.42 Å². The van der Waals surface area contributed by atoms with E-state index >= 15 is 0 Å². The van der Waals surface area contributed by atoms with Crippen LogP contribution in [0.4, 0.5) is 4.39 Å². The van der Waals surface area contributed by atoms with Gasteiger partial charge in [0, 0.05) is 17.2 Å². The first-order valence-corrected chi connectivity index (χ1v) is 13.6. The molecule has 3 aromatic carbocycles. The second kappa shape index (κ2) is 9.43. The predicted octanol–water partition coefficient (Wildman–Crippen LogP) is 5.42. The number of hydrogen-bond acceptors (Lipinski definition) is 5. The summed E-state index contributed by atoms with van der Waals surface area (Å²) in [5.74, 6) is -0.429. The normalized spacial score (nSPS) is 16.2. The van der Waals surface area contributed by atoms with Gasteiger partial charge in [-0.1, -0.05) is 59.9 Å². The molecule has 0 saturated heterocycles. The summed E-state index contributed by atoms with van der Waals surface area (Å²) in [6, 6.07) is 24.1. The molecule has 1 atom stereocenters. The van der Waals surface area contributed by atoms with E-state index in [4.69, 9.17) is 9.41 Å². The van der Waals surface area contributed by atoms with Crippen LogP contribution in [0.5, 0.6) is 0 Å². The number of thiazole rings is 1. The summed E-state index contributed by atoms with van der Waals surface area (Å²) in [7, 11) is 0. The van der Waals surface area contributed by atoms with Crippen LogP contribution in [0.25, 0.3) is 23.1 Å². The van der Waals surface area contributed by atoms with E-state index in [1.165, 1.54) is 35.1 Å². The zero-order chi connectivity index (χ0) is 27.4. The molecule has 3 heterocycles. The number of furan rings is 1. The summed E-state index contributed by atoms with van der Waals surface area (Å²) >= 11 is 1.26. The number of benzene rings is 3. The summed E-state index contributed by atoms with van der Waals surface area (Å²) in [5, 5.41) is 9.31. The van der Waals surface area contributed by atoms with Gasteiger partial charge < -0.3 is 9.52 Å². The van der Waals surface area contributed by atoms with E-state index in [1.807, 2.05) is 24.3 Å². The zero-order valence-corrected chi connectivity index (χ0v) is 21.8. The molecular weight excluding hydrogens is 527 g/mol. The van der Waals surface area contributed by atoms with E-state index < -0.39 is 12.0 Å². The van der Waals surface area contributed by atoms with Gasteiger partial charge in [0.2, 0.25) is 0 Å². The number of fused-ring (bicyclic) bond motifs is 3. The van der Waals surface area contributed by atoms with Crippen molar-refractivity contribution in [1.82, 2.24) is 4.57 Å². The minimum atomic E-state index is -1.02. The lowest BCUT2D eigenvalue weighted by Crippen LogP contribution is -2.38. The Morgan fingerprint density at radius 1 is 1.02 bits per heavy atom. The number of carboxylic acids is 1. The highest BCUT2D eigenvalue weighted by Crippen LogP contribution is 2.41. The third-order valence-electron chi connectivity index (χ3n) is 7.33. The Kier molecular flexibility index (Phi) is 5.71. The third-order valence-corrected chi connectivity index (χ3v) is 8.31. The number of aryl methyl sites for hydroxylation is 1. The highest BCUT2D eigenvalue weighted by molar-refractivity contribution is 7.07. The Hall–Kier alpha value is -4.82. The van der Waals surface area contributed by atoms with Crippen molar-refractivity contribution in [2.75, 3.05) is 0 Å². The Morgan fingerprint density at radius 3 is 2.73 bits per heavy atom. The molecule has 2 aromatic heterocycles. The molecule has 6 nitrogen and oxygen atoms in total. The number of allylic oxidation sites excluding steroid dienone is 1. The number of carboxylic acid groups (broad SMARTS) is 1. The Balaban J connectivity index is 1.38. The van der Waals surface area contributed by atoms with Crippen LogP contribution in [0, 0.1) is 5.82 Å². The molecule has 0 fully saturated rings. The van der Waals surface area contributed by atoms with Gasteiger partial charge in [-0.25, -0.2) is 14.2 Å². The van der Waals surface area contributed by atoms with E-state index in [1.54, 1.807) is 47.0 Å². The van der Waals surface area contributed by atoms with Gasteiger partial charge in [-0.05, 0) is 65.9 Å². The molecule has 0 spiro atoms. The highest BCUT2D eigenvalue weighted by atomic mass is 32.1. The summed E-state index contributed by atoms with van der Waals surface area (Å²) in [4.78, 5) is 30.7. The monoisotopic (exact) mass is 548 g/mol. The minimum absolute atomic E-state index is 0.159. The molecule has 40 heavy (non-hydrogen) atoms. The van der Waals surface area contributed by atoms with Crippen molar-refractivity contribution >= 4 is 29.1 Å². The molecule has 1 N–H and O–H groups in total. The molecule has 1 aliphatic carbocycles. The van der Waals surface area contributed by atoms with Crippen LogP contribution in [0.3, 0.4) is 0 Å². The number of nitrogens with zero attached hydrogens (tertiary/aromatic N) is 2. The Labute approximate surface area is 231 Å². The number of carbonyl (C=O) groups is 1. The quantitative estimate of drug-likeness (QED) is 0.325. The highest BCUT2D eigenvalue weighted by Gasteiger charge is 2.32. The van der Waals surface area contributed by atoms with Crippen LogP contribution < -0.4 is 14.9 Å². The van der Waals surface area contributed by atoms with Crippen molar-refractivity contribution in [2.45, 2.75) is 18.9 Å². The fourth-order valence-corrected chi connectivity index (χ4v) is 6.50. The lowest BCUT2D eigenvalue weighted by atomic mass is 9.83. The zero-order valence-electron chi connectivity index (χ0n) is 21.0. The van der Waals surface area contributed by atoms with Crippen molar-refractivity contribution < 1.29 is 18.7 Å². The number of aromatic carboxylic acids is 1. The summed E-state index contributed by atoms with van der Waals surface area (Å²) in [6.45, 7) is 0. The van der Waals surface area contributed by atoms with Crippen molar-refractivity contribution in [3.63, 3.8) is 0 Å². The van der Waals surface area contributed by atoms with Crippen LogP contribution in [0.1, 0.15) is 45.3 Å². The van der Waals surface area contributed by atoms with Gasteiger partial charge >= 0.3 is 5.97 Å². The van der Waals surface area contributed by atoms with E-state index in [9.17, 15) is 19.1 Å². The van der Waals surface area contributed by atoms with Crippen LogP contribution in [0.2, 0.25) is 0 Å². The first kappa shape index (κ1) is 24.2. The van der Waals surface area contributed by atoms with E-state index in [2.05, 4.69) is 6.07 Å². The summed E-state index contributed by atoms with van der Waals surface area (Å²) in [6.07, 6.45) is 3.21. The lowest BCUT2D eigenvalue weighted by molar-refractivity contribution is 0.0697. The Morgan fingerprint density at radius 2 is 1.88 bits per heavy atom. The van der Waals surface area contributed by atoms with Crippen molar-refractivity contribution in [3.05, 3.63) is 144 Å². The molecule has 196 valence electrons. The number of aromatic nitrogens is 1. The average molecular weight is 549 g/mol. The van der Waals surface area contributed by atoms with E-state index in [0.717, 1.165) is 29.7 Å². The predicted molar refractivity (Wildman–Crippen MR) is 150 cm³/mol. The van der Waals surface area contributed by atoms with Gasteiger partial charge in [-0.3, -0.25) is 9.36 Å². The molecule has 0 radical (unpaired) electrons. The molecule has 7 rings (SSSR count). The van der Waals surface area contributed by atoms with E-state index in [-0.39, 0.29) is 16.9 Å². The molecule has 0 amide bonds. The molecule has 1 unspecified atom stereocenters. The Bertz CT molecular complexity index is 2050. The van der Waals surface area contributed by atoms with E-state index in [0.29, 0.717) is 32.0 Å². The summed E-state index contributed by atoms with van der Waals surface area (Å²) < 4.78 is 22.5. The lowest BCUT2D eigenvalue weighted by Gasteiger charge is -2.30. The summed E-state index contributed by atoms with van der Waals surface area (Å²) in [5.41, 5.74) is 5.36. The maximum absolute atomic E-state index is 14.4. The first-order chi connectivity index (χ1) is 19.5. The minimum Gasteiger partial charge on any atom is -0.478 e. The SMILES string of the molecule is O=C(O)c1cccc(-c2ccc(/C=c3/sc4n(c3=O)C(c3cccc(F)c3)C3=C(N=4)c4ccccc4CC3)o2)c1. The largest absolute Gasteiger partial charge is 0.478 e. The molecule has 1 aliphatic heterocycles. The molecule has 5 aromatic rings. The molecule has 0 saturated carbocycles. The maximum atomic E-state index is 14.4. The fraction of sp³-hybridized carbons (Fsp3) is 0.0938. The van der Waals surface area contributed by atoms with Crippen LogP contribution in [-0.4, -0.2) is 15.6 Å². The smallest absolute Gasteiger partial charge is 0.335 e.